The lowest BCUT2D eigenvalue weighted by Crippen LogP contribution is -2.47. The molecule has 2 rings (SSSR count). The summed E-state index contributed by atoms with van der Waals surface area (Å²) in [6, 6.07) is 0.716. The first-order chi connectivity index (χ1) is 8.20. The summed E-state index contributed by atoms with van der Waals surface area (Å²) in [7, 11) is 0. The lowest BCUT2D eigenvalue weighted by Gasteiger charge is -2.30. The molecule has 3 atom stereocenters. The van der Waals surface area contributed by atoms with Crippen LogP contribution < -0.4 is 10.6 Å². The van der Waals surface area contributed by atoms with Crippen LogP contribution in [0.1, 0.15) is 39.5 Å². The second kappa shape index (κ2) is 5.71. The van der Waals surface area contributed by atoms with Crippen LogP contribution in [0.5, 0.6) is 0 Å². The van der Waals surface area contributed by atoms with Crippen LogP contribution in [0, 0.1) is 11.8 Å². The Morgan fingerprint density at radius 1 is 1.41 bits per heavy atom. The van der Waals surface area contributed by atoms with Crippen molar-refractivity contribution in [1.29, 1.82) is 0 Å². The fourth-order valence-electron chi connectivity index (χ4n) is 2.57. The van der Waals surface area contributed by atoms with E-state index in [1.807, 2.05) is 0 Å². The number of ether oxygens (including phenoxy) is 1. The Morgan fingerprint density at radius 2 is 2.06 bits per heavy atom. The molecular weight excluding hydrogens is 216 g/mol. The Bertz CT molecular complexity index is 264. The Morgan fingerprint density at radius 3 is 2.59 bits per heavy atom. The number of hydrogen-bond donors (Lipinski definition) is 2. The molecule has 98 valence electrons. The molecule has 0 radical (unpaired) electrons. The molecule has 1 saturated heterocycles. The molecule has 2 N–H and O–H groups in total. The highest BCUT2D eigenvalue weighted by atomic mass is 16.5. The SMILES string of the molecule is CCC(NC(=O)NC1CC1C)C1CCOCC1. The van der Waals surface area contributed by atoms with E-state index in [1.54, 1.807) is 0 Å². The van der Waals surface area contributed by atoms with E-state index < -0.39 is 0 Å². The van der Waals surface area contributed by atoms with E-state index in [0.717, 1.165) is 38.9 Å². The average molecular weight is 240 g/mol. The van der Waals surface area contributed by atoms with Crippen molar-refractivity contribution in [1.82, 2.24) is 10.6 Å². The molecule has 0 bridgehead atoms. The standard InChI is InChI=1S/C13H24N2O2/c1-3-11(10-4-6-17-7-5-10)14-13(16)15-12-8-9(12)2/h9-12H,3-8H2,1-2H3,(H2,14,15,16). The Labute approximate surface area is 103 Å². The Hall–Kier alpha value is -0.770. The third-order valence-electron chi connectivity index (χ3n) is 4.02. The molecule has 2 aliphatic rings. The lowest BCUT2D eigenvalue weighted by molar-refractivity contribution is 0.0544. The van der Waals surface area contributed by atoms with Crippen LogP contribution in [-0.4, -0.2) is 31.3 Å². The van der Waals surface area contributed by atoms with Crippen molar-refractivity contribution in [3.63, 3.8) is 0 Å². The van der Waals surface area contributed by atoms with Gasteiger partial charge in [-0.25, -0.2) is 4.79 Å². The highest BCUT2D eigenvalue weighted by molar-refractivity contribution is 5.75. The second-order valence-corrected chi connectivity index (χ2v) is 5.40. The van der Waals surface area contributed by atoms with Crippen molar-refractivity contribution in [3.8, 4) is 0 Å². The summed E-state index contributed by atoms with van der Waals surface area (Å²) in [6.07, 6.45) is 4.26. The van der Waals surface area contributed by atoms with E-state index in [2.05, 4.69) is 24.5 Å². The molecule has 1 aliphatic carbocycles. The zero-order valence-corrected chi connectivity index (χ0v) is 10.9. The van der Waals surface area contributed by atoms with Gasteiger partial charge < -0.3 is 15.4 Å². The number of amides is 2. The minimum absolute atomic E-state index is 0.0118. The van der Waals surface area contributed by atoms with E-state index in [4.69, 9.17) is 4.74 Å². The van der Waals surface area contributed by atoms with Gasteiger partial charge in [0.1, 0.15) is 0 Å². The maximum atomic E-state index is 11.8. The third kappa shape index (κ3) is 3.60. The molecule has 0 spiro atoms. The summed E-state index contributed by atoms with van der Waals surface area (Å²) >= 11 is 0. The molecule has 0 aromatic heterocycles. The van der Waals surface area contributed by atoms with E-state index in [9.17, 15) is 4.79 Å². The van der Waals surface area contributed by atoms with Gasteiger partial charge in [0.05, 0.1) is 0 Å². The van der Waals surface area contributed by atoms with Crippen molar-refractivity contribution in [2.45, 2.75) is 51.6 Å². The average Bonchev–Trinajstić information content (AvgIpc) is 3.03. The van der Waals surface area contributed by atoms with Gasteiger partial charge in [-0.3, -0.25) is 0 Å². The van der Waals surface area contributed by atoms with Gasteiger partial charge in [-0.1, -0.05) is 13.8 Å². The summed E-state index contributed by atoms with van der Waals surface area (Å²) in [5.41, 5.74) is 0. The maximum Gasteiger partial charge on any atom is 0.315 e. The summed E-state index contributed by atoms with van der Waals surface area (Å²) in [5, 5.41) is 6.15. The van der Waals surface area contributed by atoms with Crippen LogP contribution in [0.2, 0.25) is 0 Å². The summed E-state index contributed by atoms with van der Waals surface area (Å²) in [6.45, 7) is 5.98. The minimum atomic E-state index is 0.0118. The van der Waals surface area contributed by atoms with Crippen molar-refractivity contribution in [2.24, 2.45) is 11.8 Å². The predicted octanol–water partition coefficient (Wildman–Crippen LogP) is 1.90. The third-order valence-corrected chi connectivity index (χ3v) is 4.02. The van der Waals surface area contributed by atoms with E-state index >= 15 is 0 Å². The highest BCUT2D eigenvalue weighted by Gasteiger charge is 2.34. The van der Waals surface area contributed by atoms with Gasteiger partial charge in [0, 0.05) is 25.3 Å². The smallest absolute Gasteiger partial charge is 0.315 e. The van der Waals surface area contributed by atoms with Crippen molar-refractivity contribution in [2.75, 3.05) is 13.2 Å². The number of hydrogen-bond acceptors (Lipinski definition) is 2. The number of nitrogens with one attached hydrogen (secondary N) is 2. The van der Waals surface area contributed by atoms with Gasteiger partial charge in [0.15, 0.2) is 0 Å². The molecule has 2 amide bonds. The fourth-order valence-corrected chi connectivity index (χ4v) is 2.57. The molecule has 17 heavy (non-hydrogen) atoms. The van der Waals surface area contributed by atoms with Crippen LogP contribution in [0.25, 0.3) is 0 Å². The van der Waals surface area contributed by atoms with E-state index in [0.29, 0.717) is 23.9 Å². The zero-order valence-electron chi connectivity index (χ0n) is 10.9. The first-order valence-corrected chi connectivity index (χ1v) is 6.85. The van der Waals surface area contributed by atoms with Gasteiger partial charge in [-0.2, -0.15) is 0 Å². The lowest BCUT2D eigenvalue weighted by atomic mass is 9.90. The van der Waals surface area contributed by atoms with Crippen LogP contribution in [0.4, 0.5) is 4.79 Å². The van der Waals surface area contributed by atoms with Gasteiger partial charge >= 0.3 is 6.03 Å². The van der Waals surface area contributed by atoms with E-state index in [-0.39, 0.29) is 6.03 Å². The maximum absolute atomic E-state index is 11.8. The number of urea groups is 1. The molecule has 1 heterocycles. The van der Waals surface area contributed by atoms with Crippen molar-refractivity contribution >= 4 is 6.03 Å². The molecule has 1 aliphatic heterocycles. The monoisotopic (exact) mass is 240 g/mol. The summed E-state index contributed by atoms with van der Waals surface area (Å²) in [4.78, 5) is 11.8. The van der Waals surface area contributed by atoms with Crippen LogP contribution in [0.15, 0.2) is 0 Å². The van der Waals surface area contributed by atoms with Crippen LogP contribution in [0.3, 0.4) is 0 Å². The number of carbonyl (C=O) groups excluding carboxylic acids is 1. The quantitative estimate of drug-likeness (QED) is 0.788. The molecular formula is C13H24N2O2. The summed E-state index contributed by atoms with van der Waals surface area (Å²) < 4.78 is 5.36. The molecule has 3 unspecified atom stereocenters. The molecule has 2 fully saturated rings. The minimum Gasteiger partial charge on any atom is -0.381 e. The molecule has 4 heteroatoms. The van der Waals surface area contributed by atoms with E-state index in [1.165, 1.54) is 0 Å². The molecule has 1 saturated carbocycles. The first kappa shape index (κ1) is 12.7. The fraction of sp³-hybridized carbons (Fsp3) is 0.923. The zero-order chi connectivity index (χ0) is 12.3. The first-order valence-electron chi connectivity index (χ1n) is 6.85. The topological polar surface area (TPSA) is 50.4 Å². The van der Waals surface area contributed by atoms with Gasteiger partial charge in [0.2, 0.25) is 0 Å². The molecule has 0 aromatic rings. The predicted molar refractivity (Wildman–Crippen MR) is 66.9 cm³/mol. The van der Waals surface area contributed by atoms with Crippen molar-refractivity contribution in [3.05, 3.63) is 0 Å². The molecule has 0 aromatic carbocycles. The van der Waals surface area contributed by atoms with Crippen molar-refractivity contribution < 1.29 is 9.53 Å². The summed E-state index contributed by atoms with van der Waals surface area (Å²) in [5.74, 6) is 1.24. The Kier molecular flexibility index (Phi) is 4.26. The number of carbonyl (C=O) groups is 1. The number of rotatable bonds is 4. The van der Waals surface area contributed by atoms with Crippen LogP contribution in [-0.2, 0) is 4.74 Å². The Balaban J connectivity index is 1.75. The van der Waals surface area contributed by atoms with Gasteiger partial charge in [-0.15, -0.1) is 0 Å². The largest absolute Gasteiger partial charge is 0.381 e. The van der Waals surface area contributed by atoms with Crippen LogP contribution >= 0.6 is 0 Å². The van der Waals surface area contributed by atoms with Gasteiger partial charge in [0.25, 0.3) is 0 Å². The molecule has 4 nitrogen and oxygen atoms in total. The second-order valence-electron chi connectivity index (χ2n) is 5.40. The normalized spacial score (nSPS) is 30.7. The highest BCUT2D eigenvalue weighted by Crippen LogP contribution is 2.29. The van der Waals surface area contributed by atoms with Gasteiger partial charge in [-0.05, 0) is 37.5 Å².